The van der Waals surface area contributed by atoms with Gasteiger partial charge in [0.15, 0.2) is 0 Å². The van der Waals surface area contributed by atoms with Gasteiger partial charge in [-0.25, -0.2) is 8.42 Å². The molecule has 1 aliphatic heterocycles. The van der Waals surface area contributed by atoms with Gasteiger partial charge in [-0.15, -0.1) is 12.4 Å². The Balaban J connectivity index is 0.00000264. The average Bonchev–Trinajstić information content (AvgIpc) is 2.50. The van der Waals surface area contributed by atoms with Crippen LogP contribution in [0.15, 0.2) is 23.1 Å². The van der Waals surface area contributed by atoms with Gasteiger partial charge >= 0.3 is 0 Å². The molecule has 132 valence electrons. The van der Waals surface area contributed by atoms with Crippen LogP contribution in [0.5, 0.6) is 0 Å². The Hall–Kier alpha value is -0.660. The molecular formula is C16H27ClN2O3S. The van der Waals surface area contributed by atoms with E-state index < -0.39 is 10.0 Å². The van der Waals surface area contributed by atoms with Gasteiger partial charge in [-0.05, 0) is 56.8 Å². The summed E-state index contributed by atoms with van der Waals surface area (Å²) in [4.78, 5) is 0.426. The smallest absolute Gasteiger partial charge is 0.243 e. The Morgan fingerprint density at radius 1 is 1.26 bits per heavy atom. The molecular weight excluding hydrogens is 336 g/mol. The van der Waals surface area contributed by atoms with E-state index in [-0.39, 0.29) is 18.5 Å². The van der Waals surface area contributed by atoms with Crippen LogP contribution in [0.3, 0.4) is 0 Å². The maximum atomic E-state index is 12.8. The number of halogens is 1. The Morgan fingerprint density at radius 2 is 1.91 bits per heavy atom. The van der Waals surface area contributed by atoms with Crippen molar-refractivity contribution >= 4 is 22.4 Å². The lowest BCUT2D eigenvalue weighted by atomic mass is 10.1. The largest absolute Gasteiger partial charge is 0.378 e. The molecule has 0 unspecified atom stereocenters. The highest BCUT2D eigenvalue weighted by Crippen LogP contribution is 2.25. The molecule has 23 heavy (non-hydrogen) atoms. The van der Waals surface area contributed by atoms with E-state index in [0.29, 0.717) is 31.1 Å². The van der Waals surface area contributed by atoms with Crippen molar-refractivity contribution in [1.82, 2.24) is 4.31 Å². The molecule has 1 fully saturated rings. The molecule has 1 aliphatic rings. The van der Waals surface area contributed by atoms with E-state index in [2.05, 4.69) is 0 Å². The Labute approximate surface area is 145 Å². The number of hydrogen-bond acceptors (Lipinski definition) is 4. The summed E-state index contributed by atoms with van der Waals surface area (Å²) >= 11 is 0. The molecule has 0 bridgehead atoms. The maximum absolute atomic E-state index is 12.8. The van der Waals surface area contributed by atoms with Crippen molar-refractivity contribution in [3.63, 3.8) is 0 Å². The molecule has 0 aliphatic carbocycles. The number of piperidine rings is 1. The van der Waals surface area contributed by atoms with Crippen molar-refractivity contribution in [1.29, 1.82) is 0 Å². The summed E-state index contributed by atoms with van der Waals surface area (Å²) in [6.45, 7) is 6.07. The molecule has 0 saturated carbocycles. The van der Waals surface area contributed by atoms with Crippen molar-refractivity contribution in [2.75, 3.05) is 26.2 Å². The van der Waals surface area contributed by atoms with Crippen molar-refractivity contribution in [3.8, 4) is 0 Å². The van der Waals surface area contributed by atoms with Gasteiger partial charge in [0.2, 0.25) is 10.0 Å². The molecule has 1 heterocycles. The number of benzene rings is 1. The van der Waals surface area contributed by atoms with Gasteiger partial charge in [0.05, 0.1) is 11.0 Å². The van der Waals surface area contributed by atoms with Crippen molar-refractivity contribution in [2.24, 2.45) is 5.73 Å². The molecule has 2 N–H and O–H groups in total. The average molecular weight is 363 g/mol. The van der Waals surface area contributed by atoms with Crippen molar-refractivity contribution < 1.29 is 13.2 Å². The van der Waals surface area contributed by atoms with E-state index in [0.717, 1.165) is 30.4 Å². The minimum atomic E-state index is -3.41. The number of hydrogen-bond donors (Lipinski definition) is 1. The van der Waals surface area contributed by atoms with Gasteiger partial charge in [-0.1, -0.05) is 12.1 Å². The van der Waals surface area contributed by atoms with Gasteiger partial charge in [0.25, 0.3) is 0 Å². The molecule has 2 rings (SSSR count). The molecule has 0 atom stereocenters. The monoisotopic (exact) mass is 362 g/mol. The fraction of sp³-hybridized carbons (Fsp3) is 0.625. The van der Waals surface area contributed by atoms with Crippen LogP contribution in [0.4, 0.5) is 0 Å². The molecule has 0 spiro atoms. The summed E-state index contributed by atoms with van der Waals surface area (Å²) < 4.78 is 32.9. The van der Waals surface area contributed by atoms with Crippen LogP contribution in [0.2, 0.25) is 0 Å². The molecule has 0 radical (unpaired) electrons. The third kappa shape index (κ3) is 5.16. The van der Waals surface area contributed by atoms with Crippen molar-refractivity contribution in [3.05, 3.63) is 29.3 Å². The number of ether oxygens (including phenoxy) is 1. The summed E-state index contributed by atoms with van der Waals surface area (Å²) in [6.07, 6.45) is 2.49. The molecule has 0 amide bonds. The van der Waals surface area contributed by atoms with E-state index in [4.69, 9.17) is 10.5 Å². The first-order valence-electron chi connectivity index (χ1n) is 7.84. The predicted octanol–water partition coefficient (Wildman–Crippen LogP) is 2.24. The zero-order chi connectivity index (χ0) is 16.2. The highest BCUT2D eigenvalue weighted by atomic mass is 35.5. The second kappa shape index (κ2) is 8.99. The fourth-order valence-electron chi connectivity index (χ4n) is 2.70. The first-order valence-corrected chi connectivity index (χ1v) is 9.28. The normalized spacial score (nSPS) is 17.0. The first-order chi connectivity index (χ1) is 10.4. The number of sulfonamides is 1. The molecule has 5 nitrogen and oxygen atoms in total. The van der Waals surface area contributed by atoms with Gasteiger partial charge in [-0.3, -0.25) is 0 Å². The number of nitrogens with zero attached hydrogens (tertiary/aromatic N) is 1. The van der Waals surface area contributed by atoms with E-state index in [1.807, 2.05) is 26.0 Å². The Morgan fingerprint density at radius 3 is 2.52 bits per heavy atom. The lowest BCUT2D eigenvalue weighted by molar-refractivity contribution is 0.0209. The highest BCUT2D eigenvalue weighted by Gasteiger charge is 2.30. The second-order valence-corrected chi connectivity index (χ2v) is 7.79. The zero-order valence-corrected chi connectivity index (χ0v) is 15.5. The van der Waals surface area contributed by atoms with Gasteiger partial charge in [0.1, 0.15) is 0 Å². The number of rotatable bonds is 6. The van der Waals surface area contributed by atoms with Gasteiger partial charge < -0.3 is 10.5 Å². The van der Waals surface area contributed by atoms with Gasteiger partial charge in [0, 0.05) is 19.7 Å². The minimum absolute atomic E-state index is 0. The molecule has 0 aromatic heterocycles. The summed E-state index contributed by atoms with van der Waals surface area (Å²) in [6, 6.07) is 5.56. The van der Waals surface area contributed by atoms with E-state index >= 15 is 0 Å². The predicted molar refractivity (Wildman–Crippen MR) is 94.6 cm³/mol. The summed E-state index contributed by atoms with van der Waals surface area (Å²) in [5.74, 6) is 0. The highest BCUT2D eigenvalue weighted by molar-refractivity contribution is 7.89. The lowest BCUT2D eigenvalue weighted by Crippen LogP contribution is -2.41. The zero-order valence-electron chi connectivity index (χ0n) is 13.8. The van der Waals surface area contributed by atoms with Gasteiger partial charge in [-0.2, -0.15) is 4.31 Å². The molecule has 1 aromatic carbocycles. The standard InChI is InChI=1S/C16H26N2O3S.ClH/c1-13-4-5-14(2)16(12-13)22(19,20)18-9-6-15(7-10-18)21-11-3-8-17;/h4-5,12,15H,3,6-11,17H2,1-2H3;1H. The number of aryl methyl sites for hydroxylation is 2. The van der Waals surface area contributed by atoms with Crippen LogP contribution in [-0.2, 0) is 14.8 Å². The summed E-state index contributed by atoms with van der Waals surface area (Å²) in [5.41, 5.74) is 7.21. The maximum Gasteiger partial charge on any atom is 0.243 e. The van der Waals surface area contributed by atoms with E-state index in [1.54, 1.807) is 10.4 Å². The third-order valence-corrected chi connectivity index (χ3v) is 6.11. The Kier molecular flexibility index (Phi) is 7.97. The van der Waals surface area contributed by atoms with Crippen LogP contribution < -0.4 is 5.73 Å². The van der Waals surface area contributed by atoms with Crippen LogP contribution in [0, 0.1) is 13.8 Å². The van der Waals surface area contributed by atoms with Crippen LogP contribution >= 0.6 is 12.4 Å². The quantitative estimate of drug-likeness (QED) is 0.788. The summed E-state index contributed by atoms with van der Waals surface area (Å²) in [5, 5.41) is 0. The van der Waals surface area contributed by atoms with Crippen LogP contribution in [-0.4, -0.2) is 45.1 Å². The summed E-state index contributed by atoms with van der Waals surface area (Å²) in [7, 11) is -3.41. The fourth-order valence-corrected chi connectivity index (χ4v) is 4.48. The Bertz CT molecular complexity index is 599. The third-order valence-electron chi connectivity index (χ3n) is 4.06. The van der Waals surface area contributed by atoms with E-state index in [9.17, 15) is 8.42 Å². The topological polar surface area (TPSA) is 72.6 Å². The minimum Gasteiger partial charge on any atom is -0.378 e. The first kappa shape index (κ1) is 20.4. The van der Waals surface area contributed by atoms with Crippen molar-refractivity contribution in [2.45, 2.75) is 44.1 Å². The number of nitrogens with two attached hydrogens (primary N) is 1. The molecule has 1 aromatic rings. The van der Waals surface area contributed by atoms with Crippen LogP contribution in [0.1, 0.15) is 30.4 Å². The lowest BCUT2D eigenvalue weighted by Gasteiger charge is -2.31. The second-order valence-electron chi connectivity index (χ2n) is 5.89. The molecule has 7 heteroatoms. The van der Waals surface area contributed by atoms with E-state index in [1.165, 1.54) is 0 Å². The molecule has 1 saturated heterocycles. The SMILES string of the molecule is Cc1ccc(C)c(S(=O)(=O)N2CCC(OCCCN)CC2)c1.Cl. The van der Waals surface area contributed by atoms with Crippen LogP contribution in [0.25, 0.3) is 0 Å².